The molecule has 24 heavy (non-hydrogen) atoms. The Morgan fingerprint density at radius 1 is 0.667 bits per heavy atom. The third kappa shape index (κ3) is 8.12. The summed E-state index contributed by atoms with van der Waals surface area (Å²) in [7, 11) is 0. The van der Waals surface area contributed by atoms with Gasteiger partial charge in [0.25, 0.3) is 0 Å². The number of aliphatic hydroxyl groups is 4. The van der Waals surface area contributed by atoms with Crippen LogP contribution < -0.4 is 0 Å². The SMILES string of the molecule is CC.CC.CC.OC(O)c1cc(C(O)O)nc(-c2ccccc2)n1. The molecule has 0 saturated heterocycles. The lowest BCUT2D eigenvalue weighted by atomic mass is 10.2. The van der Waals surface area contributed by atoms with Crippen molar-refractivity contribution in [2.45, 2.75) is 54.1 Å². The first-order valence-corrected chi connectivity index (χ1v) is 8.24. The summed E-state index contributed by atoms with van der Waals surface area (Å²) in [5, 5.41) is 36.4. The smallest absolute Gasteiger partial charge is 0.196 e. The van der Waals surface area contributed by atoms with Crippen LogP contribution in [0.15, 0.2) is 36.4 Å². The Balaban J connectivity index is 0. The number of hydrogen-bond acceptors (Lipinski definition) is 6. The minimum atomic E-state index is -1.80. The average molecular weight is 338 g/mol. The Morgan fingerprint density at radius 3 is 1.38 bits per heavy atom. The second-order valence-corrected chi connectivity index (χ2v) is 3.65. The Morgan fingerprint density at radius 2 is 1.04 bits per heavy atom. The highest BCUT2D eigenvalue weighted by Gasteiger charge is 2.14. The number of aromatic nitrogens is 2. The maximum absolute atomic E-state index is 9.10. The molecule has 2 aromatic rings. The van der Waals surface area contributed by atoms with Gasteiger partial charge in [-0.15, -0.1) is 0 Å². The van der Waals surface area contributed by atoms with Gasteiger partial charge >= 0.3 is 0 Å². The second kappa shape index (κ2) is 14.7. The summed E-state index contributed by atoms with van der Waals surface area (Å²) in [5.41, 5.74) is 0.459. The van der Waals surface area contributed by atoms with Crippen molar-refractivity contribution in [1.29, 1.82) is 0 Å². The number of hydrogen-bond donors (Lipinski definition) is 4. The molecular formula is C18H30N2O4. The summed E-state index contributed by atoms with van der Waals surface area (Å²) in [6.45, 7) is 12.0. The van der Waals surface area contributed by atoms with Gasteiger partial charge in [0.1, 0.15) is 11.4 Å². The number of aliphatic hydroxyl groups excluding tert-OH is 2. The van der Waals surface area contributed by atoms with Crippen molar-refractivity contribution in [2.24, 2.45) is 0 Å². The third-order valence-electron chi connectivity index (χ3n) is 2.33. The van der Waals surface area contributed by atoms with E-state index in [2.05, 4.69) is 9.97 Å². The zero-order valence-corrected chi connectivity index (χ0v) is 15.3. The van der Waals surface area contributed by atoms with Gasteiger partial charge in [-0.25, -0.2) is 9.97 Å². The van der Waals surface area contributed by atoms with E-state index in [1.165, 1.54) is 0 Å². The number of rotatable bonds is 3. The Hall–Kier alpha value is -1.86. The molecule has 0 radical (unpaired) electrons. The zero-order chi connectivity index (χ0) is 19.1. The molecule has 0 atom stereocenters. The molecule has 0 aliphatic heterocycles. The Kier molecular flexibility index (Phi) is 15.0. The van der Waals surface area contributed by atoms with Crippen LogP contribution in [0, 0.1) is 0 Å². The van der Waals surface area contributed by atoms with Gasteiger partial charge < -0.3 is 20.4 Å². The molecule has 2 rings (SSSR count). The molecule has 0 amide bonds. The van der Waals surface area contributed by atoms with E-state index in [9.17, 15) is 0 Å². The van der Waals surface area contributed by atoms with Crippen LogP contribution in [-0.4, -0.2) is 30.4 Å². The highest BCUT2D eigenvalue weighted by Crippen LogP contribution is 2.20. The predicted molar refractivity (Wildman–Crippen MR) is 95.9 cm³/mol. The van der Waals surface area contributed by atoms with Gasteiger partial charge in [0.05, 0.1) is 0 Å². The Labute approximate surface area is 144 Å². The molecule has 0 spiro atoms. The molecule has 6 nitrogen and oxygen atoms in total. The first-order valence-electron chi connectivity index (χ1n) is 8.24. The summed E-state index contributed by atoms with van der Waals surface area (Å²) in [6.07, 6.45) is -3.60. The molecule has 0 unspecified atom stereocenters. The molecular weight excluding hydrogens is 308 g/mol. The summed E-state index contributed by atoms with van der Waals surface area (Å²) in [4.78, 5) is 7.90. The minimum Gasteiger partial charge on any atom is -0.363 e. The lowest BCUT2D eigenvalue weighted by Gasteiger charge is -2.10. The Bertz CT molecular complexity index is 506. The lowest BCUT2D eigenvalue weighted by Crippen LogP contribution is -2.07. The largest absolute Gasteiger partial charge is 0.363 e. The van der Waals surface area contributed by atoms with Crippen LogP contribution in [-0.2, 0) is 0 Å². The van der Waals surface area contributed by atoms with Gasteiger partial charge in [0.2, 0.25) is 0 Å². The van der Waals surface area contributed by atoms with E-state index in [4.69, 9.17) is 20.4 Å². The van der Waals surface area contributed by atoms with Gasteiger partial charge in [-0.3, -0.25) is 0 Å². The van der Waals surface area contributed by atoms with Crippen LogP contribution in [0.25, 0.3) is 11.4 Å². The number of nitrogens with zero attached hydrogens (tertiary/aromatic N) is 2. The average Bonchev–Trinajstić information content (AvgIpc) is 2.67. The molecule has 6 heteroatoms. The van der Waals surface area contributed by atoms with Crippen molar-refractivity contribution >= 4 is 0 Å². The van der Waals surface area contributed by atoms with E-state index in [1.54, 1.807) is 24.3 Å². The van der Waals surface area contributed by atoms with Crippen molar-refractivity contribution in [3.63, 3.8) is 0 Å². The van der Waals surface area contributed by atoms with Crippen molar-refractivity contribution in [3.05, 3.63) is 47.8 Å². The topological polar surface area (TPSA) is 107 Å². The fraction of sp³-hybridized carbons (Fsp3) is 0.444. The summed E-state index contributed by atoms with van der Waals surface area (Å²) >= 11 is 0. The molecule has 0 fully saturated rings. The van der Waals surface area contributed by atoms with Crippen LogP contribution >= 0.6 is 0 Å². The van der Waals surface area contributed by atoms with Crippen molar-refractivity contribution < 1.29 is 20.4 Å². The second-order valence-electron chi connectivity index (χ2n) is 3.65. The van der Waals surface area contributed by atoms with Gasteiger partial charge in [-0.1, -0.05) is 71.9 Å². The third-order valence-corrected chi connectivity index (χ3v) is 2.33. The first-order chi connectivity index (χ1) is 11.6. The normalized spacial score (nSPS) is 9.17. The molecule has 1 heterocycles. The molecule has 0 aliphatic carbocycles. The van der Waals surface area contributed by atoms with Crippen LogP contribution in [0.3, 0.4) is 0 Å². The van der Waals surface area contributed by atoms with Gasteiger partial charge in [0, 0.05) is 5.56 Å². The number of benzene rings is 1. The minimum absolute atomic E-state index is 0.0908. The van der Waals surface area contributed by atoms with E-state index in [-0.39, 0.29) is 17.2 Å². The monoisotopic (exact) mass is 338 g/mol. The van der Waals surface area contributed by atoms with E-state index in [1.807, 2.05) is 47.6 Å². The van der Waals surface area contributed by atoms with Crippen LogP contribution in [0.5, 0.6) is 0 Å². The van der Waals surface area contributed by atoms with Crippen molar-refractivity contribution in [3.8, 4) is 11.4 Å². The maximum atomic E-state index is 9.10. The van der Waals surface area contributed by atoms with Crippen molar-refractivity contribution in [1.82, 2.24) is 9.97 Å². The molecule has 136 valence electrons. The van der Waals surface area contributed by atoms with Crippen molar-refractivity contribution in [2.75, 3.05) is 0 Å². The maximum Gasteiger partial charge on any atom is 0.196 e. The van der Waals surface area contributed by atoms with Crippen LogP contribution in [0.4, 0.5) is 0 Å². The highest BCUT2D eigenvalue weighted by molar-refractivity contribution is 5.54. The highest BCUT2D eigenvalue weighted by atomic mass is 16.5. The van der Waals surface area contributed by atoms with E-state index < -0.39 is 12.6 Å². The molecule has 0 bridgehead atoms. The van der Waals surface area contributed by atoms with E-state index >= 15 is 0 Å². The van der Waals surface area contributed by atoms with Gasteiger partial charge in [-0.05, 0) is 6.07 Å². The molecule has 0 saturated carbocycles. The van der Waals surface area contributed by atoms with E-state index in [0.29, 0.717) is 5.56 Å². The fourth-order valence-electron chi connectivity index (χ4n) is 1.47. The lowest BCUT2D eigenvalue weighted by molar-refractivity contribution is -0.0517. The summed E-state index contributed by atoms with van der Waals surface area (Å²) in [5.74, 6) is 0.198. The first kappa shape index (κ1) is 24.4. The molecule has 0 aliphatic rings. The molecule has 4 N–H and O–H groups in total. The van der Waals surface area contributed by atoms with E-state index in [0.717, 1.165) is 6.07 Å². The predicted octanol–water partition coefficient (Wildman–Crippen LogP) is 3.19. The van der Waals surface area contributed by atoms with Gasteiger partial charge in [0.15, 0.2) is 18.4 Å². The molecule has 1 aromatic carbocycles. The van der Waals surface area contributed by atoms with Crippen LogP contribution in [0.1, 0.15) is 65.5 Å². The summed E-state index contributed by atoms with van der Waals surface area (Å²) in [6, 6.07) is 9.95. The molecule has 1 aromatic heterocycles. The summed E-state index contributed by atoms with van der Waals surface area (Å²) < 4.78 is 0. The van der Waals surface area contributed by atoms with Gasteiger partial charge in [-0.2, -0.15) is 0 Å². The zero-order valence-electron chi connectivity index (χ0n) is 15.3. The fourth-order valence-corrected chi connectivity index (χ4v) is 1.47. The quantitative estimate of drug-likeness (QED) is 0.640. The standard InChI is InChI=1S/C12H12N2O4.3C2H6/c15-11(16)8-6-9(12(17)18)14-10(13-8)7-4-2-1-3-5-7;3*1-2/h1-6,11-12,15-18H;3*1-2H3. The van der Waals surface area contributed by atoms with Crippen LogP contribution in [0.2, 0.25) is 0 Å².